The molecule has 96 valence electrons. The van der Waals surface area contributed by atoms with Crippen molar-refractivity contribution in [3.8, 4) is 0 Å². The second-order valence-corrected chi connectivity index (χ2v) is 5.35. The zero-order valence-corrected chi connectivity index (χ0v) is 11.7. The zero-order valence-electron chi connectivity index (χ0n) is 10.9. The van der Waals surface area contributed by atoms with E-state index < -0.39 is 0 Å². The van der Waals surface area contributed by atoms with Crippen molar-refractivity contribution in [2.24, 2.45) is 5.41 Å². The molecule has 0 aromatic rings. The molecule has 1 amide bonds. The Hall–Kier alpha value is -0.280. The number of carbonyl (C=O) groups excluding carboxylic acids is 1. The largest absolute Gasteiger partial charge is 0.341 e. The summed E-state index contributed by atoms with van der Waals surface area (Å²) >= 11 is 0. The van der Waals surface area contributed by atoms with E-state index >= 15 is 0 Å². The third-order valence-corrected chi connectivity index (χ3v) is 3.56. The first-order valence-electron chi connectivity index (χ1n) is 5.92. The minimum atomic E-state index is 0. The maximum absolute atomic E-state index is 12.0. The highest BCUT2D eigenvalue weighted by atomic mass is 35.5. The molecule has 1 saturated heterocycles. The quantitative estimate of drug-likeness (QED) is 0.826. The smallest absolute Gasteiger partial charge is 0.223 e. The van der Waals surface area contributed by atoms with Crippen molar-refractivity contribution in [2.45, 2.75) is 46.1 Å². The second-order valence-electron chi connectivity index (χ2n) is 5.35. The average molecular weight is 249 g/mol. The van der Waals surface area contributed by atoms with Crippen LogP contribution in [0.3, 0.4) is 0 Å². The van der Waals surface area contributed by atoms with Gasteiger partial charge in [0.05, 0.1) is 0 Å². The predicted molar refractivity (Wildman–Crippen MR) is 70.0 cm³/mol. The van der Waals surface area contributed by atoms with Gasteiger partial charge in [-0.25, -0.2) is 0 Å². The number of hydrogen-bond donors (Lipinski definition) is 1. The van der Waals surface area contributed by atoms with Crippen LogP contribution in [0.25, 0.3) is 0 Å². The standard InChI is InChI=1S/C12H24N2O.ClH/c1-5-12(2,3)8-11(15)14(4)10-6-7-13-9-10;/h10,13H,5-9H2,1-4H3;1H. The number of carbonyl (C=O) groups is 1. The van der Waals surface area contributed by atoms with Crippen molar-refractivity contribution in [3.05, 3.63) is 0 Å². The van der Waals surface area contributed by atoms with E-state index in [1.807, 2.05) is 11.9 Å². The van der Waals surface area contributed by atoms with Crippen LogP contribution in [0.15, 0.2) is 0 Å². The van der Waals surface area contributed by atoms with Crippen molar-refractivity contribution in [3.63, 3.8) is 0 Å². The first-order chi connectivity index (χ1) is 6.96. The van der Waals surface area contributed by atoms with Gasteiger partial charge in [-0.15, -0.1) is 12.4 Å². The number of nitrogens with one attached hydrogen (secondary N) is 1. The molecule has 16 heavy (non-hydrogen) atoms. The summed E-state index contributed by atoms with van der Waals surface area (Å²) in [5, 5.41) is 3.29. The van der Waals surface area contributed by atoms with Crippen LogP contribution in [-0.4, -0.2) is 37.0 Å². The molecule has 0 radical (unpaired) electrons. The molecule has 1 atom stereocenters. The molecule has 1 fully saturated rings. The Bertz CT molecular complexity index is 225. The van der Waals surface area contributed by atoms with Crippen molar-refractivity contribution >= 4 is 18.3 Å². The van der Waals surface area contributed by atoms with Crippen LogP contribution < -0.4 is 5.32 Å². The van der Waals surface area contributed by atoms with Crippen molar-refractivity contribution in [1.29, 1.82) is 0 Å². The van der Waals surface area contributed by atoms with Crippen molar-refractivity contribution in [1.82, 2.24) is 10.2 Å². The topological polar surface area (TPSA) is 32.3 Å². The van der Waals surface area contributed by atoms with Gasteiger partial charge in [0.15, 0.2) is 0 Å². The van der Waals surface area contributed by atoms with Crippen LogP contribution in [0, 0.1) is 5.41 Å². The van der Waals surface area contributed by atoms with Crippen LogP contribution >= 0.6 is 12.4 Å². The third kappa shape index (κ3) is 4.30. The Morgan fingerprint density at radius 3 is 2.56 bits per heavy atom. The van der Waals surface area contributed by atoms with Gasteiger partial charge in [-0.3, -0.25) is 4.79 Å². The summed E-state index contributed by atoms with van der Waals surface area (Å²) in [6.07, 6.45) is 2.81. The van der Waals surface area contributed by atoms with Gasteiger partial charge < -0.3 is 10.2 Å². The number of likely N-dealkylation sites (N-methyl/N-ethyl adjacent to an activating group) is 1. The lowest BCUT2D eigenvalue weighted by atomic mass is 9.86. The van der Waals surface area contributed by atoms with Gasteiger partial charge in [-0.1, -0.05) is 27.2 Å². The van der Waals surface area contributed by atoms with Crippen molar-refractivity contribution in [2.75, 3.05) is 20.1 Å². The number of rotatable bonds is 4. The molecule has 0 saturated carbocycles. The van der Waals surface area contributed by atoms with Gasteiger partial charge >= 0.3 is 0 Å². The van der Waals surface area contributed by atoms with E-state index in [0.717, 1.165) is 25.9 Å². The first-order valence-corrected chi connectivity index (χ1v) is 5.92. The van der Waals surface area contributed by atoms with Crippen LogP contribution in [0.5, 0.6) is 0 Å². The van der Waals surface area contributed by atoms with E-state index in [1.165, 1.54) is 0 Å². The van der Waals surface area contributed by atoms with Gasteiger partial charge in [-0.2, -0.15) is 0 Å². The Morgan fingerprint density at radius 1 is 1.50 bits per heavy atom. The van der Waals surface area contributed by atoms with Gasteiger partial charge in [0.2, 0.25) is 5.91 Å². The molecule has 0 aromatic heterocycles. The molecule has 1 unspecified atom stereocenters. The number of nitrogens with zero attached hydrogens (tertiary/aromatic N) is 1. The molecule has 0 aliphatic carbocycles. The fraction of sp³-hybridized carbons (Fsp3) is 0.917. The van der Waals surface area contributed by atoms with E-state index in [-0.39, 0.29) is 23.7 Å². The van der Waals surface area contributed by atoms with Crippen molar-refractivity contribution < 1.29 is 4.79 Å². The zero-order chi connectivity index (χ0) is 11.5. The second kappa shape index (κ2) is 6.45. The van der Waals surface area contributed by atoms with E-state index in [0.29, 0.717) is 12.5 Å². The monoisotopic (exact) mass is 248 g/mol. The SMILES string of the molecule is CCC(C)(C)CC(=O)N(C)C1CCNC1.Cl. The first kappa shape index (κ1) is 15.7. The molecular formula is C12H25ClN2O. The highest BCUT2D eigenvalue weighted by molar-refractivity contribution is 5.85. The molecule has 1 heterocycles. The summed E-state index contributed by atoms with van der Waals surface area (Å²) in [6.45, 7) is 8.45. The summed E-state index contributed by atoms with van der Waals surface area (Å²) in [4.78, 5) is 13.9. The lowest BCUT2D eigenvalue weighted by Gasteiger charge is -2.29. The summed E-state index contributed by atoms with van der Waals surface area (Å²) in [7, 11) is 1.94. The predicted octanol–water partition coefficient (Wildman–Crippen LogP) is 2.05. The van der Waals surface area contributed by atoms with E-state index in [1.54, 1.807) is 0 Å². The molecule has 0 aromatic carbocycles. The highest BCUT2D eigenvalue weighted by Crippen LogP contribution is 2.25. The van der Waals surface area contributed by atoms with Crippen LogP contribution in [0.2, 0.25) is 0 Å². The van der Waals surface area contributed by atoms with Gasteiger partial charge in [0, 0.05) is 26.1 Å². The maximum atomic E-state index is 12.0. The summed E-state index contributed by atoms with van der Waals surface area (Å²) in [5.41, 5.74) is 0.136. The normalized spacial score (nSPS) is 20.4. The van der Waals surface area contributed by atoms with Gasteiger partial charge in [0.1, 0.15) is 0 Å². The lowest BCUT2D eigenvalue weighted by molar-refractivity contribution is -0.133. The van der Waals surface area contributed by atoms with Crippen LogP contribution in [0.4, 0.5) is 0 Å². The van der Waals surface area contributed by atoms with Gasteiger partial charge in [-0.05, 0) is 18.4 Å². The minimum absolute atomic E-state index is 0. The minimum Gasteiger partial charge on any atom is -0.341 e. The van der Waals surface area contributed by atoms with E-state index in [9.17, 15) is 4.79 Å². The highest BCUT2D eigenvalue weighted by Gasteiger charge is 2.27. The summed E-state index contributed by atoms with van der Waals surface area (Å²) < 4.78 is 0. The fourth-order valence-electron chi connectivity index (χ4n) is 1.83. The average Bonchev–Trinajstić information content (AvgIpc) is 2.68. The Balaban J connectivity index is 0.00000225. The molecule has 1 rings (SSSR count). The summed E-state index contributed by atoms with van der Waals surface area (Å²) in [5.74, 6) is 0.288. The Morgan fingerprint density at radius 2 is 2.12 bits per heavy atom. The fourth-order valence-corrected chi connectivity index (χ4v) is 1.83. The molecular weight excluding hydrogens is 224 g/mol. The number of hydrogen-bond acceptors (Lipinski definition) is 2. The van der Waals surface area contributed by atoms with Crippen LogP contribution in [0.1, 0.15) is 40.0 Å². The molecule has 1 aliphatic rings. The molecule has 0 bridgehead atoms. The maximum Gasteiger partial charge on any atom is 0.223 e. The third-order valence-electron chi connectivity index (χ3n) is 3.56. The number of halogens is 1. The summed E-state index contributed by atoms with van der Waals surface area (Å²) in [6, 6.07) is 0.408. The lowest BCUT2D eigenvalue weighted by Crippen LogP contribution is -2.40. The van der Waals surface area contributed by atoms with Crippen LogP contribution in [-0.2, 0) is 4.79 Å². The molecule has 1 aliphatic heterocycles. The van der Waals surface area contributed by atoms with E-state index in [2.05, 4.69) is 26.1 Å². The Labute approximate surface area is 105 Å². The van der Waals surface area contributed by atoms with Gasteiger partial charge in [0.25, 0.3) is 0 Å². The molecule has 4 heteroatoms. The molecule has 1 N–H and O–H groups in total. The number of amides is 1. The molecule has 0 spiro atoms. The van der Waals surface area contributed by atoms with E-state index in [4.69, 9.17) is 0 Å². The Kier molecular flexibility index (Phi) is 6.34. The molecule has 3 nitrogen and oxygen atoms in total.